The topological polar surface area (TPSA) is 21.3 Å². The highest BCUT2D eigenvalue weighted by atomic mass is 16.5. The summed E-state index contributed by atoms with van der Waals surface area (Å²) < 4.78 is 5.93. The summed E-state index contributed by atoms with van der Waals surface area (Å²) in [6.07, 6.45) is 4.99. The van der Waals surface area contributed by atoms with Gasteiger partial charge < -0.3 is 10.1 Å². The third-order valence-corrected chi connectivity index (χ3v) is 3.95. The molecule has 1 N–H and O–H groups in total. The van der Waals surface area contributed by atoms with Crippen LogP contribution in [-0.2, 0) is 6.61 Å². The van der Waals surface area contributed by atoms with Gasteiger partial charge in [-0.3, -0.25) is 0 Å². The summed E-state index contributed by atoms with van der Waals surface area (Å²) >= 11 is 0. The molecule has 0 aliphatic carbocycles. The highest BCUT2D eigenvalue weighted by Crippen LogP contribution is 2.24. The molecular formula is C20H27NO. The number of ether oxygens (including phenoxy) is 1. The molecule has 2 heteroatoms. The first-order valence-corrected chi connectivity index (χ1v) is 8.27. The lowest BCUT2D eigenvalue weighted by atomic mass is 10.0. The predicted molar refractivity (Wildman–Crippen MR) is 93.2 cm³/mol. The molecule has 0 saturated carbocycles. The highest BCUT2D eigenvalue weighted by molar-refractivity contribution is 5.31. The Balaban J connectivity index is 1.96. The Morgan fingerprint density at radius 2 is 1.82 bits per heavy atom. The Morgan fingerprint density at radius 1 is 1.00 bits per heavy atom. The van der Waals surface area contributed by atoms with Gasteiger partial charge in [0.05, 0.1) is 0 Å². The van der Waals surface area contributed by atoms with Crippen LogP contribution in [0.3, 0.4) is 0 Å². The van der Waals surface area contributed by atoms with Crippen molar-refractivity contribution in [3.05, 3.63) is 65.7 Å². The van der Waals surface area contributed by atoms with Crippen molar-refractivity contribution in [3.63, 3.8) is 0 Å². The zero-order valence-electron chi connectivity index (χ0n) is 13.7. The summed E-state index contributed by atoms with van der Waals surface area (Å²) in [5.41, 5.74) is 2.50. The van der Waals surface area contributed by atoms with Crippen molar-refractivity contribution in [2.45, 2.75) is 45.3 Å². The van der Waals surface area contributed by atoms with Crippen molar-refractivity contribution >= 4 is 0 Å². The molecule has 0 spiro atoms. The van der Waals surface area contributed by atoms with E-state index < -0.39 is 0 Å². The molecule has 22 heavy (non-hydrogen) atoms. The van der Waals surface area contributed by atoms with E-state index in [9.17, 15) is 0 Å². The van der Waals surface area contributed by atoms with E-state index in [4.69, 9.17) is 4.74 Å². The second-order valence-electron chi connectivity index (χ2n) is 5.68. The standard InChI is InChI=1S/C20H27NO/c1-3-4-6-14-20(21-2)18-12-9-13-19(15-18)22-16-17-10-7-5-8-11-17/h5,7-13,15,20-21H,3-4,6,14,16H2,1-2H3/t20-/m1/s1. The Bertz CT molecular complexity index is 538. The van der Waals surface area contributed by atoms with Crippen LogP contribution in [0, 0.1) is 0 Å². The minimum Gasteiger partial charge on any atom is -0.489 e. The summed E-state index contributed by atoms with van der Waals surface area (Å²) in [5.74, 6) is 0.942. The van der Waals surface area contributed by atoms with Gasteiger partial charge in [-0.25, -0.2) is 0 Å². The molecule has 0 radical (unpaired) electrons. The minimum atomic E-state index is 0.409. The zero-order chi connectivity index (χ0) is 15.6. The Morgan fingerprint density at radius 3 is 2.55 bits per heavy atom. The van der Waals surface area contributed by atoms with Gasteiger partial charge in [0.15, 0.2) is 0 Å². The Labute approximate surface area is 134 Å². The summed E-state index contributed by atoms with van der Waals surface area (Å²) in [7, 11) is 2.04. The molecule has 0 heterocycles. The van der Waals surface area contributed by atoms with E-state index in [1.54, 1.807) is 0 Å². The van der Waals surface area contributed by atoms with E-state index >= 15 is 0 Å². The summed E-state index contributed by atoms with van der Waals surface area (Å²) in [5, 5.41) is 3.42. The van der Waals surface area contributed by atoms with Crippen molar-refractivity contribution in [3.8, 4) is 5.75 Å². The van der Waals surface area contributed by atoms with Crippen LogP contribution in [0.2, 0.25) is 0 Å². The third kappa shape index (κ3) is 5.19. The van der Waals surface area contributed by atoms with Crippen molar-refractivity contribution in [1.29, 1.82) is 0 Å². The van der Waals surface area contributed by atoms with Gasteiger partial charge in [-0.1, -0.05) is 68.7 Å². The number of hydrogen-bond donors (Lipinski definition) is 1. The summed E-state index contributed by atoms with van der Waals surface area (Å²) in [6.45, 7) is 2.86. The fourth-order valence-electron chi connectivity index (χ4n) is 2.64. The van der Waals surface area contributed by atoms with Crippen LogP contribution in [0.15, 0.2) is 54.6 Å². The fraction of sp³-hybridized carbons (Fsp3) is 0.400. The average Bonchev–Trinajstić information content (AvgIpc) is 2.58. The van der Waals surface area contributed by atoms with Gasteiger partial charge in [0, 0.05) is 6.04 Å². The molecule has 0 aliphatic rings. The van der Waals surface area contributed by atoms with Crippen molar-refractivity contribution < 1.29 is 4.74 Å². The Hall–Kier alpha value is -1.80. The monoisotopic (exact) mass is 297 g/mol. The van der Waals surface area contributed by atoms with Crippen LogP contribution in [-0.4, -0.2) is 7.05 Å². The quantitative estimate of drug-likeness (QED) is 0.650. The Kier molecular flexibility index (Phi) is 6.98. The normalized spacial score (nSPS) is 12.1. The van der Waals surface area contributed by atoms with Crippen LogP contribution in [0.1, 0.15) is 49.8 Å². The van der Waals surface area contributed by atoms with Gasteiger partial charge >= 0.3 is 0 Å². The van der Waals surface area contributed by atoms with E-state index in [2.05, 4.69) is 42.6 Å². The smallest absolute Gasteiger partial charge is 0.120 e. The van der Waals surface area contributed by atoms with Crippen molar-refractivity contribution in [2.24, 2.45) is 0 Å². The van der Waals surface area contributed by atoms with E-state index in [0.717, 1.165) is 5.75 Å². The third-order valence-electron chi connectivity index (χ3n) is 3.95. The predicted octanol–water partition coefficient (Wildman–Crippen LogP) is 5.11. The number of rotatable bonds is 9. The van der Waals surface area contributed by atoms with Crippen molar-refractivity contribution in [2.75, 3.05) is 7.05 Å². The van der Waals surface area contributed by atoms with Crippen LogP contribution >= 0.6 is 0 Å². The van der Waals surface area contributed by atoms with Gasteiger partial charge in [0.2, 0.25) is 0 Å². The SMILES string of the molecule is CCCCC[C@@H](NC)c1cccc(OCc2ccccc2)c1. The minimum absolute atomic E-state index is 0.409. The second-order valence-corrected chi connectivity index (χ2v) is 5.68. The largest absolute Gasteiger partial charge is 0.489 e. The molecule has 2 nitrogen and oxygen atoms in total. The van der Waals surface area contributed by atoms with Gasteiger partial charge in [0.1, 0.15) is 12.4 Å². The lowest BCUT2D eigenvalue weighted by Gasteiger charge is -2.17. The molecule has 0 aromatic heterocycles. The molecule has 0 amide bonds. The molecule has 118 valence electrons. The average molecular weight is 297 g/mol. The van der Waals surface area contributed by atoms with Gasteiger partial charge in [-0.2, -0.15) is 0 Å². The maximum Gasteiger partial charge on any atom is 0.120 e. The van der Waals surface area contributed by atoms with E-state index in [1.165, 1.54) is 36.8 Å². The lowest BCUT2D eigenvalue weighted by molar-refractivity contribution is 0.305. The van der Waals surface area contributed by atoms with Crippen LogP contribution in [0.4, 0.5) is 0 Å². The van der Waals surface area contributed by atoms with Crippen LogP contribution in [0.5, 0.6) is 5.75 Å². The highest BCUT2D eigenvalue weighted by Gasteiger charge is 2.09. The maximum absolute atomic E-state index is 5.93. The summed E-state index contributed by atoms with van der Waals surface area (Å²) in [6, 6.07) is 19.2. The van der Waals surface area contributed by atoms with E-state index in [-0.39, 0.29) is 0 Å². The molecule has 0 saturated heterocycles. The first-order valence-electron chi connectivity index (χ1n) is 8.27. The molecule has 0 fully saturated rings. The molecule has 2 aromatic carbocycles. The number of unbranched alkanes of at least 4 members (excludes halogenated alkanes) is 2. The maximum atomic E-state index is 5.93. The second kappa shape index (κ2) is 9.26. The molecule has 2 aromatic rings. The van der Waals surface area contributed by atoms with Gasteiger partial charge in [0.25, 0.3) is 0 Å². The molecule has 2 rings (SSSR count). The van der Waals surface area contributed by atoms with Gasteiger partial charge in [-0.05, 0) is 36.7 Å². The first kappa shape index (κ1) is 16.6. The molecule has 1 atom stereocenters. The number of benzene rings is 2. The zero-order valence-corrected chi connectivity index (χ0v) is 13.7. The number of nitrogens with one attached hydrogen (secondary N) is 1. The van der Waals surface area contributed by atoms with Crippen LogP contribution < -0.4 is 10.1 Å². The molecular weight excluding hydrogens is 270 g/mol. The first-order chi connectivity index (χ1) is 10.8. The van der Waals surface area contributed by atoms with Crippen LogP contribution in [0.25, 0.3) is 0 Å². The lowest BCUT2D eigenvalue weighted by Crippen LogP contribution is -2.16. The summed E-state index contributed by atoms with van der Waals surface area (Å²) in [4.78, 5) is 0. The molecule has 0 bridgehead atoms. The number of hydrogen-bond acceptors (Lipinski definition) is 2. The fourth-order valence-corrected chi connectivity index (χ4v) is 2.64. The van der Waals surface area contributed by atoms with Gasteiger partial charge in [-0.15, -0.1) is 0 Å². The van der Waals surface area contributed by atoms with E-state index in [0.29, 0.717) is 12.6 Å². The molecule has 0 unspecified atom stereocenters. The van der Waals surface area contributed by atoms with E-state index in [1.807, 2.05) is 31.3 Å². The van der Waals surface area contributed by atoms with Crippen molar-refractivity contribution in [1.82, 2.24) is 5.32 Å². The molecule has 0 aliphatic heterocycles.